The van der Waals surface area contributed by atoms with Gasteiger partial charge >= 0.3 is 0 Å². The summed E-state index contributed by atoms with van der Waals surface area (Å²) in [5.74, 6) is 2.17. The van der Waals surface area contributed by atoms with E-state index in [1.165, 1.54) is 11.1 Å². The SMILES string of the molecule is CCNC(=NCC1(c2ccc(OC)cc2)CCOCC1)NCC(C)c1ccccc1.I. The molecular formula is C25H36IN3O2. The van der Waals surface area contributed by atoms with Gasteiger partial charge in [-0.15, -0.1) is 24.0 Å². The van der Waals surface area contributed by atoms with Crippen LogP contribution in [0.3, 0.4) is 0 Å². The van der Waals surface area contributed by atoms with Crippen LogP contribution in [0.25, 0.3) is 0 Å². The molecule has 0 amide bonds. The van der Waals surface area contributed by atoms with Crippen LogP contribution in [0.4, 0.5) is 0 Å². The van der Waals surface area contributed by atoms with E-state index in [2.05, 4.69) is 66.9 Å². The average molecular weight is 537 g/mol. The van der Waals surface area contributed by atoms with Crippen molar-refractivity contribution in [3.63, 3.8) is 0 Å². The molecule has 0 radical (unpaired) electrons. The first-order valence-electron chi connectivity index (χ1n) is 11.0. The molecule has 1 aliphatic heterocycles. The third-order valence-electron chi connectivity index (χ3n) is 5.98. The van der Waals surface area contributed by atoms with E-state index < -0.39 is 0 Å². The fourth-order valence-corrected chi connectivity index (χ4v) is 3.97. The first-order valence-corrected chi connectivity index (χ1v) is 11.0. The minimum Gasteiger partial charge on any atom is -0.497 e. The Balaban J connectivity index is 0.00000341. The molecule has 0 aliphatic carbocycles. The van der Waals surface area contributed by atoms with E-state index in [0.717, 1.165) is 57.4 Å². The van der Waals surface area contributed by atoms with Gasteiger partial charge in [-0.05, 0) is 48.9 Å². The summed E-state index contributed by atoms with van der Waals surface area (Å²) in [6.07, 6.45) is 1.95. The van der Waals surface area contributed by atoms with Gasteiger partial charge in [0, 0.05) is 31.7 Å². The summed E-state index contributed by atoms with van der Waals surface area (Å²) in [5.41, 5.74) is 2.64. The molecular weight excluding hydrogens is 501 g/mol. The minimum atomic E-state index is -0.00206. The second-order valence-corrected chi connectivity index (χ2v) is 8.01. The Morgan fingerprint density at radius 3 is 2.35 bits per heavy atom. The van der Waals surface area contributed by atoms with Crippen LogP contribution in [-0.4, -0.2) is 45.9 Å². The van der Waals surface area contributed by atoms with Crippen molar-refractivity contribution >= 4 is 29.9 Å². The summed E-state index contributed by atoms with van der Waals surface area (Å²) in [6.45, 7) is 8.30. The fraction of sp³-hybridized carbons (Fsp3) is 0.480. The molecule has 5 nitrogen and oxygen atoms in total. The third kappa shape index (κ3) is 7.10. The molecule has 2 N–H and O–H groups in total. The highest BCUT2D eigenvalue weighted by atomic mass is 127. The van der Waals surface area contributed by atoms with E-state index in [1.807, 2.05) is 12.1 Å². The Kier molecular flexibility index (Phi) is 10.6. The highest BCUT2D eigenvalue weighted by Crippen LogP contribution is 2.36. The molecule has 3 rings (SSSR count). The second-order valence-electron chi connectivity index (χ2n) is 8.01. The summed E-state index contributed by atoms with van der Waals surface area (Å²) in [5, 5.41) is 6.94. The summed E-state index contributed by atoms with van der Waals surface area (Å²) in [7, 11) is 1.70. The molecule has 1 atom stereocenters. The smallest absolute Gasteiger partial charge is 0.191 e. The van der Waals surface area contributed by atoms with Crippen molar-refractivity contribution in [2.24, 2.45) is 4.99 Å². The van der Waals surface area contributed by atoms with Crippen LogP contribution < -0.4 is 15.4 Å². The Bertz CT molecular complexity index is 790. The van der Waals surface area contributed by atoms with Gasteiger partial charge in [0.15, 0.2) is 5.96 Å². The van der Waals surface area contributed by atoms with E-state index >= 15 is 0 Å². The van der Waals surface area contributed by atoms with Crippen molar-refractivity contribution in [2.75, 3.05) is 40.0 Å². The summed E-state index contributed by atoms with van der Waals surface area (Å²) in [6, 6.07) is 19.0. The van der Waals surface area contributed by atoms with Crippen molar-refractivity contribution in [1.29, 1.82) is 0 Å². The Morgan fingerprint density at radius 2 is 1.74 bits per heavy atom. The van der Waals surface area contributed by atoms with Gasteiger partial charge in [-0.1, -0.05) is 49.4 Å². The predicted molar refractivity (Wildman–Crippen MR) is 139 cm³/mol. The van der Waals surface area contributed by atoms with Gasteiger partial charge in [0.2, 0.25) is 0 Å². The number of ether oxygens (including phenoxy) is 2. The molecule has 0 bridgehead atoms. The number of hydrogen-bond donors (Lipinski definition) is 2. The topological polar surface area (TPSA) is 54.9 Å². The first-order chi connectivity index (χ1) is 14.7. The molecule has 1 saturated heterocycles. The number of aliphatic imine (C=N–C) groups is 1. The van der Waals surface area contributed by atoms with Crippen LogP contribution in [-0.2, 0) is 10.2 Å². The number of methoxy groups -OCH3 is 1. The number of guanidine groups is 1. The number of nitrogens with zero attached hydrogens (tertiary/aromatic N) is 1. The highest BCUT2D eigenvalue weighted by molar-refractivity contribution is 14.0. The van der Waals surface area contributed by atoms with E-state index in [0.29, 0.717) is 5.92 Å². The lowest BCUT2D eigenvalue weighted by Gasteiger charge is -2.36. The second kappa shape index (κ2) is 12.9. The zero-order chi connectivity index (χ0) is 21.2. The molecule has 31 heavy (non-hydrogen) atoms. The Labute approximate surface area is 204 Å². The van der Waals surface area contributed by atoms with Gasteiger partial charge in [0.25, 0.3) is 0 Å². The molecule has 1 heterocycles. The fourth-order valence-electron chi connectivity index (χ4n) is 3.97. The number of benzene rings is 2. The molecule has 0 aromatic heterocycles. The Morgan fingerprint density at radius 1 is 1.06 bits per heavy atom. The van der Waals surface area contributed by atoms with Crippen molar-refractivity contribution in [2.45, 2.75) is 38.0 Å². The average Bonchev–Trinajstić information content (AvgIpc) is 2.82. The number of nitrogens with one attached hydrogen (secondary N) is 2. The lowest BCUT2D eigenvalue weighted by atomic mass is 9.74. The molecule has 6 heteroatoms. The maximum atomic E-state index is 5.67. The molecule has 170 valence electrons. The normalized spacial score (nSPS) is 16.7. The van der Waals surface area contributed by atoms with Crippen LogP contribution in [0.15, 0.2) is 59.6 Å². The molecule has 1 unspecified atom stereocenters. The standard InChI is InChI=1S/C25H35N3O2.HI/c1-4-26-24(27-18-20(2)21-8-6-5-7-9-21)28-19-25(14-16-30-17-15-25)22-10-12-23(29-3)13-11-22;/h5-13,20H,4,14-19H2,1-3H3,(H2,26,27,28);1H. The molecule has 1 aliphatic rings. The van der Waals surface area contributed by atoms with E-state index in [9.17, 15) is 0 Å². The first kappa shape index (κ1) is 25.5. The van der Waals surface area contributed by atoms with Crippen molar-refractivity contribution in [3.05, 3.63) is 65.7 Å². The van der Waals surface area contributed by atoms with Gasteiger partial charge in [-0.25, -0.2) is 0 Å². The maximum Gasteiger partial charge on any atom is 0.191 e. The minimum absolute atomic E-state index is 0. The summed E-state index contributed by atoms with van der Waals surface area (Å²) >= 11 is 0. The van der Waals surface area contributed by atoms with E-state index in [1.54, 1.807) is 7.11 Å². The van der Waals surface area contributed by atoms with Crippen LogP contribution in [0.1, 0.15) is 43.7 Å². The van der Waals surface area contributed by atoms with Crippen molar-refractivity contribution < 1.29 is 9.47 Å². The number of rotatable bonds is 8. The molecule has 2 aromatic carbocycles. The lowest BCUT2D eigenvalue weighted by Crippen LogP contribution is -2.42. The van der Waals surface area contributed by atoms with Crippen LogP contribution >= 0.6 is 24.0 Å². The van der Waals surface area contributed by atoms with Crippen LogP contribution in [0.2, 0.25) is 0 Å². The van der Waals surface area contributed by atoms with Gasteiger partial charge < -0.3 is 20.1 Å². The lowest BCUT2D eigenvalue weighted by molar-refractivity contribution is 0.0531. The van der Waals surface area contributed by atoms with E-state index in [4.69, 9.17) is 14.5 Å². The van der Waals surface area contributed by atoms with Crippen molar-refractivity contribution in [1.82, 2.24) is 10.6 Å². The largest absolute Gasteiger partial charge is 0.497 e. The van der Waals surface area contributed by atoms with Gasteiger partial charge in [-0.2, -0.15) is 0 Å². The summed E-state index contributed by atoms with van der Waals surface area (Å²) in [4.78, 5) is 5.00. The highest BCUT2D eigenvalue weighted by Gasteiger charge is 2.34. The number of halogens is 1. The third-order valence-corrected chi connectivity index (χ3v) is 5.98. The molecule has 0 saturated carbocycles. The van der Waals surface area contributed by atoms with Crippen LogP contribution in [0.5, 0.6) is 5.75 Å². The monoisotopic (exact) mass is 537 g/mol. The maximum absolute atomic E-state index is 5.67. The summed E-state index contributed by atoms with van der Waals surface area (Å²) < 4.78 is 11.0. The zero-order valence-electron chi connectivity index (χ0n) is 18.9. The van der Waals surface area contributed by atoms with Gasteiger partial charge in [0.1, 0.15) is 5.75 Å². The van der Waals surface area contributed by atoms with E-state index in [-0.39, 0.29) is 29.4 Å². The van der Waals surface area contributed by atoms with Crippen LogP contribution in [0, 0.1) is 0 Å². The van der Waals surface area contributed by atoms with Gasteiger partial charge in [0.05, 0.1) is 13.7 Å². The molecule has 1 fully saturated rings. The molecule has 0 spiro atoms. The zero-order valence-corrected chi connectivity index (χ0v) is 21.2. The molecule has 2 aromatic rings. The number of hydrogen-bond acceptors (Lipinski definition) is 3. The predicted octanol–water partition coefficient (Wildman–Crippen LogP) is 4.72. The van der Waals surface area contributed by atoms with Crippen molar-refractivity contribution in [3.8, 4) is 5.75 Å². The van der Waals surface area contributed by atoms with Gasteiger partial charge in [-0.3, -0.25) is 4.99 Å². The Hall–Kier alpha value is -1.80. The quantitative estimate of drug-likeness (QED) is 0.291.